The number of carbonyl (C=O) groups is 1. The number of halogens is 1. The SMILES string of the molecule is COc1ccc2c(Nc3ccc4c(cnn4Cc4cccc(F)c4)c3)nc(C(N)=O)nc2c1. The van der Waals surface area contributed by atoms with Gasteiger partial charge in [-0.25, -0.2) is 14.4 Å². The smallest absolute Gasteiger partial charge is 0.286 e. The molecule has 33 heavy (non-hydrogen) atoms. The van der Waals surface area contributed by atoms with Crippen LogP contribution in [-0.2, 0) is 6.54 Å². The van der Waals surface area contributed by atoms with E-state index in [1.165, 1.54) is 12.1 Å². The maximum absolute atomic E-state index is 13.5. The molecule has 0 radical (unpaired) electrons. The van der Waals surface area contributed by atoms with Gasteiger partial charge in [-0.1, -0.05) is 12.1 Å². The first kappa shape index (κ1) is 20.4. The zero-order valence-corrected chi connectivity index (χ0v) is 17.6. The van der Waals surface area contributed by atoms with Crippen LogP contribution in [-0.4, -0.2) is 32.8 Å². The molecule has 164 valence electrons. The van der Waals surface area contributed by atoms with Crippen molar-refractivity contribution in [2.45, 2.75) is 6.54 Å². The molecule has 0 spiro atoms. The number of rotatable bonds is 6. The Morgan fingerprint density at radius 2 is 2.00 bits per heavy atom. The summed E-state index contributed by atoms with van der Waals surface area (Å²) in [6.07, 6.45) is 1.75. The number of nitrogens with zero attached hydrogens (tertiary/aromatic N) is 4. The number of nitrogens with one attached hydrogen (secondary N) is 1. The van der Waals surface area contributed by atoms with Gasteiger partial charge in [0.2, 0.25) is 5.82 Å². The van der Waals surface area contributed by atoms with E-state index in [0.717, 1.165) is 22.2 Å². The molecule has 0 saturated heterocycles. The van der Waals surface area contributed by atoms with E-state index in [2.05, 4.69) is 20.4 Å². The van der Waals surface area contributed by atoms with Crippen LogP contribution in [0.1, 0.15) is 16.2 Å². The molecule has 3 aromatic carbocycles. The number of anilines is 2. The molecule has 0 saturated carbocycles. The van der Waals surface area contributed by atoms with Crippen molar-refractivity contribution in [2.75, 3.05) is 12.4 Å². The molecule has 0 aliphatic heterocycles. The lowest BCUT2D eigenvalue weighted by Crippen LogP contribution is -2.16. The van der Waals surface area contributed by atoms with Gasteiger partial charge in [0.05, 0.1) is 30.9 Å². The second-order valence-electron chi connectivity index (χ2n) is 7.47. The zero-order chi connectivity index (χ0) is 22.9. The average Bonchev–Trinajstić information content (AvgIpc) is 3.20. The van der Waals surface area contributed by atoms with Crippen molar-refractivity contribution >= 4 is 39.2 Å². The van der Waals surface area contributed by atoms with Crippen LogP contribution < -0.4 is 15.8 Å². The number of hydrogen-bond acceptors (Lipinski definition) is 6. The van der Waals surface area contributed by atoms with Crippen molar-refractivity contribution in [3.63, 3.8) is 0 Å². The molecule has 0 unspecified atom stereocenters. The molecule has 5 rings (SSSR count). The van der Waals surface area contributed by atoms with Gasteiger partial charge in [-0.15, -0.1) is 0 Å². The molecule has 0 aliphatic rings. The van der Waals surface area contributed by atoms with Crippen LogP contribution in [0.5, 0.6) is 5.75 Å². The van der Waals surface area contributed by atoms with E-state index < -0.39 is 5.91 Å². The molecule has 2 aromatic heterocycles. The molecular weight excluding hydrogens is 423 g/mol. The lowest BCUT2D eigenvalue weighted by molar-refractivity contribution is 0.0991. The second-order valence-corrected chi connectivity index (χ2v) is 7.47. The summed E-state index contributed by atoms with van der Waals surface area (Å²) in [6, 6.07) is 17.5. The third-order valence-electron chi connectivity index (χ3n) is 5.25. The van der Waals surface area contributed by atoms with Crippen LogP contribution in [0.4, 0.5) is 15.9 Å². The largest absolute Gasteiger partial charge is 0.497 e. The first-order chi connectivity index (χ1) is 16.0. The number of aromatic nitrogens is 4. The van der Waals surface area contributed by atoms with Gasteiger partial charge in [0, 0.05) is 22.5 Å². The predicted molar refractivity (Wildman–Crippen MR) is 123 cm³/mol. The Morgan fingerprint density at radius 1 is 1.12 bits per heavy atom. The summed E-state index contributed by atoms with van der Waals surface area (Å²) in [4.78, 5) is 20.3. The minimum Gasteiger partial charge on any atom is -0.497 e. The Balaban J connectivity index is 1.49. The minimum absolute atomic E-state index is 0.0951. The van der Waals surface area contributed by atoms with Crippen molar-refractivity contribution in [1.82, 2.24) is 19.7 Å². The molecule has 0 bridgehead atoms. The minimum atomic E-state index is -0.725. The van der Waals surface area contributed by atoms with E-state index in [1.54, 1.807) is 31.5 Å². The van der Waals surface area contributed by atoms with Crippen LogP contribution >= 0.6 is 0 Å². The fourth-order valence-electron chi connectivity index (χ4n) is 3.68. The Labute approximate surface area is 187 Å². The number of nitrogens with two attached hydrogens (primary N) is 1. The van der Waals surface area contributed by atoms with Gasteiger partial charge in [-0.2, -0.15) is 5.10 Å². The topological polar surface area (TPSA) is 108 Å². The van der Waals surface area contributed by atoms with Gasteiger partial charge in [0.15, 0.2) is 0 Å². The molecule has 2 heterocycles. The van der Waals surface area contributed by atoms with Crippen LogP contribution in [0, 0.1) is 5.82 Å². The highest BCUT2D eigenvalue weighted by Gasteiger charge is 2.13. The van der Waals surface area contributed by atoms with E-state index in [-0.39, 0.29) is 11.6 Å². The Hall–Kier alpha value is -4.53. The summed E-state index contributed by atoms with van der Waals surface area (Å²) in [6.45, 7) is 0.453. The Kier molecular flexibility index (Phi) is 5.06. The molecule has 9 heteroatoms. The first-order valence-corrected chi connectivity index (χ1v) is 10.1. The second kappa shape index (κ2) is 8.19. The monoisotopic (exact) mass is 442 g/mol. The van der Waals surface area contributed by atoms with Crippen molar-refractivity contribution in [2.24, 2.45) is 5.73 Å². The lowest BCUT2D eigenvalue weighted by Gasteiger charge is -2.11. The molecule has 0 aliphatic carbocycles. The molecule has 3 N–H and O–H groups in total. The summed E-state index contributed by atoms with van der Waals surface area (Å²) in [5.74, 6) is -0.0442. The number of hydrogen-bond donors (Lipinski definition) is 2. The van der Waals surface area contributed by atoms with Gasteiger partial charge in [-0.3, -0.25) is 9.48 Å². The van der Waals surface area contributed by atoms with Crippen molar-refractivity contribution in [3.8, 4) is 5.75 Å². The fraction of sp³-hybridized carbons (Fsp3) is 0.0833. The van der Waals surface area contributed by atoms with Gasteiger partial charge in [0.1, 0.15) is 17.4 Å². The van der Waals surface area contributed by atoms with Crippen molar-refractivity contribution in [1.29, 1.82) is 0 Å². The number of primary amides is 1. The van der Waals surface area contributed by atoms with Crippen LogP contribution in [0.15, 0.2) is 66.9 Å². The fourth-order valence-corrected chi connectivity index (χ4v) is 3.68. The highest BCUT2D eigenvalue weighted by molar-refractivity contribution is 5.97. The summed E-state index contributed by atoms with van der Waals surface area (Å²) in [7, 11) is 1.56. The van der Waals surface area contributed by atoms with E-state index in [9.17, 15) is 9.18 Å². The van der Waals surface area contributed by atoms with Crippen molar-refractivity contribution < 1.29 is 13.9 Å². The van der Waals surface area contributed by atoms with Gasteiger partial charge in [-0.05, 0) is 48.0 Å². The number of fused-ring (bicyclic) bond motifs is 2. The first-order valence-electron chi connectivity index (χ1n) is 10.1. The highest BCUT2D eigenvalue weighted by Crippen LogP contribution is 2.28. The number of amides is 1. The Morgan fingerprint density at radius 3 is 2.79 bits per heavy atom. The van der Waals surface area contributed by atoms with Crippen molar-refractivity contribution in [3.05, 3.63) is 84.1 Å². The van der Waals surface area contributed by atoms with Crippen LogP contribution in [0.2, 0.25) is 0 Å². The number of benzene rings is 3. The standard InChI is InChI=1S/C24H19FN6O2/c1-33-18-6-7-19-20(11-18)29-24(22(26)32)30-23(19)28-17-5-8-21-15(10-17)12-27-31(21)13-14-3-2-4-16(25)9-14/h2-12H,13H2,1H3,(H2,26,32)(H,28,29,30). The zero-order valence-electron chi connectivity index (χ0n) is 17.6. The van der Waals surface area contributed by atoms with Gasteiger partial charge >= 0.3 is 0 Å². The van der Waals surface area contributed by atoms with Gasteiger partial charge < -0.3 is 15.8 Å². The summed E-state index contributed by atoms with van der Waals surface area (Å²) >= 11 is 0. The summed E-state index contributed by atoms with van der Waals surface area (Å²) in [5, 5.41) is 9.30. The highest BCUT2D eigenvalue weighted by atomic mass is 19.1. The van der Waals surface area contributed by atoms with Gasteiger partial charge in [0.25, 0.3) is 5.91 Å². The average molecular weight is 442 g/mol. The maximum Gasteiger partial charge on any atom is 0.286 e. The quantitative estimate of drug-likeness (QED) is 0.411. The van der Waals surface area contributed by atoms with E-state index in [1.807, 2.05) is 35.0 Å². The molecule has 0 fully saturated rings. The third-order valence-corrected chi connectivity index (χ3v) is 5.25. The molecule has 1 amide bonds. The summed E-state index contributed by atoms with van der Waals surface area (Å²) in [5.41, 5.74) is 8.44. The molecule has 8 nitrogen and oxygen atoms in total. The molecular formula is C24H19FN6O2. The normalized spacial score (nSPS) is 11.1. The predicted octanol–water partition coefficient (Wildman–Crippen LogP) is 4.02. The van der Waals surface area contributed by atoms with Crippen LogP contribution in [0.25, 0.3) is 21.8 Å². The molecule has 0 atom stereocenters. The lowest BCUT2D eigenvalue weighted by atomic mass is 10.2. The number of methoxy groups -OCH3 is 1. The van der Waals surface area contributed by atoms with E-state index >= 15 is 0 Å². The third kappa shape index (κ3) is 4.03. The Bertz CT molecular complexity index is 1510. The van der Waals surface area contributed by atoms with E-state index in [4.69, 9.17) is 10.5 Å². The number of carbonyl (C=O) groups excluding carboxylic acids is 1. The summed E-state index contributed by atoms with van der Waals surface area (Å²) < 4.78 is 20.6. The van der Waals surface area contributed by atoms with Crippen LogP contribution in [0.3, 0.4) is 0 Å². The number of ether oxygens (including phenoxy) is 1. The van der Waals surface area contributed by atoms with E-state index in [0.29, 0.717) is 29.0 Å². The molecule has 5 aromatic rings. The maximum atomic E-state index is 13.5.